The second-order valence-electron chi connectivity index (χ2n) is 4.20. The summed E-state index contributed by atoms with van der Waals surface area (Å²) >= 11 is 9.26. The van der Waals surface area contributed by atoms with Crippen LogP contribution in [0.4, 0.5) is 4.39 Å². The first-order chi connectivity index (χ1) is 9.55. The van der Waals surface area contributed by atoms with Gasteiger partial charge >= 0.3 is 0 Å². The Kier molecular flexibility index (Phi) is 4.99. The first-order valence-electron chi connectivity index (χ1n) is 5.80. The Morgan fingerprint density at radius 1 is 1.25 bits per heavy atom. The molecular weight excluding hydrogens is 347 g/mol. The SMILES string of the molecule is COc1cc(C(NN)c2cc(F)cc(Br)c2)ccc1Cl. The van der Waals surface area contributed by atoms with Gasteiger partial charge in [0.25, 0.3) is 0 Å². The van der Waals surface area contributed by atoms with Gasteiger partial charge in [0, 0.05) is 4.47 Å². The van der Waals surface area contributed by atoms with Crippen molar-refractivity contribution in [3.05, 3.63) is 62.8 Å². The molecule has 3 nitrogen and oxygen atoms in total. The summed E-state index contributed by atoms with van der Waals surface area (Å²) in [7, 11) is 1.54. The molecule has 0 fully saturated rings. The lowest BCUT2D eigenvalue weighted by Gasteiger charge is -2.18. The minimum Gasteiger partial charge on any atom is -0.495 e. The fourth-order valence-electron chi connectivity index (χ4n) is 1.98. The van der Waals surface area contributed by atoms with Crippen LogP contribution in [0.1, 0.15) is 17.2 Å². The molecule has 0 aromatic heterocycles. The molecule has 0 aliphatic rings. The summed E-state index contributed by atoms with van der Waals surface area (Å²) in [5.41, 5.74) is 4.20. The van der Waals surface area contributed by atoms with Gasteiger partial charge in [0.2, 0.25) is 0 Å². The lowest BCUT2D eigenvalue weighted by molar-refractivity contribution is 0.414. The quantitative estimate of drug-likeness (QED) is 0.645. The average Bonchev–Trinajstić information content (AvgIpc) is 2.40. The molecule has 2 rings (SSSR count). The maximum Gasteiger partial charge on any atom is 0.137 e. The molecule has 106 valence electrons. The lowest BCUT2D eigenvalue weighted by atomic mass is 9.99. The lowest BCUT2D eigenvalue weighted by Crippen LogP contribution is -2.29. The second kappa shape index (κ2) is 6.54. The van der Waals surface area contributed by atoms with E-state index in [9.17, 15) is 4.39 Å². The first-order valence-corrected chi connectivity index (χ1v) is 6.98. The van der Waals surface area contributed by atoms with E-state index in [2.05, 4.69) is 21.4 Å². The van der Waals surface area contributed by atoms with E-state index >= 15 is 0 Å². The highest BCUT2D eigenvalue weighted by Crippen LogP contribution is 2.31. The highest BCUT2D eigenvalue weighted by Gasteiger charge is 2.16. The smallest absolute Gasteiger partial charge is 0.137 e. The van der Waals surface area contributed by atoms with Gasteiger partial charge in [-0.15, -0.1) is 0 Å². The van der Waals surface area contributed by atoms with Gasteiger partial charge in [-0.25, -0.2) is 9.82 Å². The Morgan fingerprint density at radius 2 is 2.00 bits per heavy atom. The molecule has 0 saturated carbocycles. The van der Waals surface area contributed by atoms with Gasteiger partial charge in [-0.3, -0.25) is 5.84 Å². The number of hydrazine groups is 1. The Balaban J connectivity index is 2.46. The molecule has 0 spiro atoms. The Bertz CT molecular complexity index is 604. The summed E-state index contributed by atoms with van der Waals surface area (Å²) < 4.78 is 19.3. The molecule has 0 aliphatic heterocycles. The van der Waals surface area contributed by atoms with Crippen molar-refractivity contribution in [2.45, 2.75) is 6.04 Å². The average molecular weight is 360 g/mol. The van der Waals surface area contributed by atoms with E-state index in [4.69, 9.17) is 22.2 Å². The summed E-state index contributed by atoms with van der Waals surface area (Å²) in [6.45, 7) is 0. The molecule has 0 saturated heterocycles. The summed E-state index contributed by atoms with van der Waals surface area (Å²) in [4.78, 5) is 0. The van der Waals surface area contributed by atoms with Gasteiger partial charge in [-0.1, -0.05) is 33.6 Å². The number of rotatable bonds is 4. The highest BCUT2D eigenvalue weighted by atomic mass is 79.9. The summed E-state index contributed by atoms with van der Waals surface area (Å²) in [5, 5.41) is 0.507. The van der Waals surface area contributed by atoms with E-state index in [-0.39, 0.29) is 11.9 Å². The minimum absolute atomic E-state index is 0.337. The van der Waals surface area contributed by atoms with Crippen molar-refractivity contribution in [1.82, 2.24) is 5.43 Å². The summed E-state index contributed by atoms with van der Waals surface area (Å²) in [6, 6.07) is 9.55. The van der Waals surface area contributed by atoms with Gasteiger partial charge in [-0.2, -0.15) is 0 Å². The van der Waals surface area contributed by atoms with Gasteiger partial charge < -0.3 is 4.74 Å². The van der Waals surface area contributed by atoms with Crippen molar-refractivity contribution in [3.8, 4) is 5.75 Å². The van der Waals surface area contributed by atoms with Crippen LogP contribution in [0.3, 0.4) is 0 Å². The predicted molar refractivity (Wildman–Crippen MR) is 81.3 cm³/mol. The molecule has 1 unspecified atom stereocenters. The van der Waals surface area contributed by atoms with E-state index in [0.717, 1.165) is 5.56 Å². The van der Waals surface area contributed by atoms with Crippen LogP contribution in [-0.4, -0.2) is 7.11 Å². The number of halogens is 3. The van der Waals surface area contributed by atoms with Crippen molar-refractivity contribution in [2.75, 3.05) is 7.11 Å². The normalized spacial score (nSPS) is 12.2. The zero-order chi connectivity index (χ0) is 14.7. The number of hydrogen-bond donors (Lipinski definition) is 2. The molecule has 0 aliphatic carbocycles. The van der Waals surface area contributed by atoms with Crippen molar-refractivity contribution in [3.63, 3.8) is 0 Å². The molecule has 0 amide bonds. The zero-order valence-electron chi connectivity index (χ0n) is 10.7. The third-order valence-electron chi connectivity index (χ3n) is 2.89. The van der Waals surface area contributed by atoms with Gasteiger partial charge in [-0.05, 0) is 41.5 Å². The van der Waals surface area contributed by atoms with E-state index in [1.165, 1.54) is 19.2 Å². The maximum atomic E-state index is 13.5. The van der Waals surface area contributed by atoms with Crippen molar-refractivity contribution >= 4 is 27.5 Å². The third kappa shape index (κ3) is 3.30. The van der Waals surface area contributed by atoms with Gasteiger partial charge in [0.1, 0.15) is 11.6 Å². The van der Waals surface area contributed by atoms with Crippen LogP contribution in [-0.2, 0) is 0 Å². The molecular formula is C14H13BrClFN2O. The molecule has 2 aromatic rings. The Hall–Kier alpha value is -1.14. The van der Waals surface area contributed by atoms with Crippen molar-refractivity contribution in [1.29, 1.82) is 0 Å². The predicted octanol–water partition coefficient (Wildman–Crippen LogP) is 3.80. The van der Waals surface area contributed by atoms with Crippen LogP contribution in [0.25, 0.3) is 0 Å². The van der Waals surface area contributed by atoms with Crippen LogP contribution in [0.15, 0.2) is 40.9 Å². The summed E-state index contributed by atoms with van der Waals surface area (Å²) in [6.07, 6.45) is 0. The number of methoxy groups -OCH3 is 1. The van der Waals surface area contributed by atoms with Gasteiger partial charge in [0.05, 0.1) is 18.2 Å². The van der Waals surface area contributed by atoms with E-state index in [1.807, 2.05) is 6.07 Å². The topological polar surface area (TPSA) is 47.3 Å². The fourth-order valence-corrected chi connectivity index (χ4v) is 2.66. The molecule has 2 aromatic carbocycles. The van der Waals surface area contributed by atoms with Crippen molar-refractivity contribution < 1.29 is 9.13 Å². The van der Waals surface area contributed by atoms with E-state index in [0.29, 0.717) is 20.8 Å². The largest absolute Gasteiger partial charge is 0.495 e. The Labute approximate surface area is 130 Å². The maximum absolute atomic E-state index is 13.5. The van der Waals surface area contributed by atoms with Crippen LogP contribution >= 0.6 is 27.5 Å². The number of nitrogens with two attached hydrogens (primary N) is 1. The van der Waals surface area contributed by atoms with Crippen LogP contribution in [0.5, 0.6) is 5.75 Å². The molecule has 1 atom stereocenters. The van der Waals surface area contributed by atoms with Crippen LogP contribution in [0.2, 0.25) is 5.02 Å². The number of nitrogens with one attached hydrogen (secondary N) is 1. The monoisotopic (exact) mass is 358 g/mol. The van der Waals surface area contributed by atoms with E-state index < -0.39 is 0 Å². The molecule has 20 heavy (non-hydrogen) atoms. The molecule has 0 radical (unpaired) electrons. The van der Waals surface area contributed by atoms with Crippen molar-refractivity contribution in [2.24, 2.45) is 5.84 Å². The highest BCUT2D eigenvalue weighted by molar-refractivity contribution is 9.10. The zero-order valence-corrected chi connectivity index (χ0v) is 13.0. The fraction of sp³-hybridized carbons (Fsp3) is 0.143. The minimum atomic E-state index is -0.367. The standard InChI is InChI=1S/C14H13BrClFN2O/c1-20-13-6-8(2-3-12(13)16)14(19-18)9-4-10(15)7-11(17)5-9/h2-7,14,19H,18H2,1H3. The molecule has 0 bridgehead atoms. The van der Waals surface area contributed by atoms with Crippen LogP contribution in [0, 0.1) is 5.82 Å². The summed E-state index contributed by atoms with van der Waals surface area (Å²) in [5.74, 6) is 5.81. The number of hydrogen-bond acceptors (Lipinski definition) is 3. The van der Waals surface area contributed by atoms with Crippen LogP contribution < -0.4 is 16.0 Å². The molecule has 3 N–H and O–H groups in total. The number of ether oxygens (including phenoxy) is 1. The van der Waals surface area contributed by atoms with E-state index in [1.54, 1.807) is 18.2 Å². The second-order valence-corrected chi connectivity index (χ2v) is 5.52. The van der Waals surface area contributed by atoms with Gasteiger partial charge in [0.15, 0.2) is 0 Å². The number of benzene rings is 2. The Morgan fingerprint density at radius 3 is 2.60 bits per heavy atom. The molecule has 6 heteroatoms. The first kappa shape index (κ1) is 15.3. The third-order valence-corrected chi connectivity index (χ3v) is 3.66. The molecule has 0 heterocycles.